The van der Waals surface area contributed by atoms with Gasteiger partial charge in [-0.2, -0.15) is 0 Å². The highest BCUT2D eigenvalue weighted by molar-refractivity contribution is 7.99. The maximum absolute atomic E-state index is 11.3. The average Bonchev–Trinajstić information content (AvgIpc) is 2.40. The summed E-state index contributed by atoms with van der Waals surface area (Å²) in [7, 11) is 0. The molecule has 3 N–H and O–H groups in total. The highest BCUT2D eigenvalue weighted by Crippen LogP contribution is 2.31. The highest BCUT2D eigenvalue weighted by Gasteiger charge is 2.07. The number of pyridine rings is 1. The maximum Gasteiger partial charge on any atom is 0.251 e. The van der Waals surface area contributed by atoms with E-state index in [0.717, 1.165) is 15.8 Å². The maximum atomic E-state index is 11.3. The van der Waals surface area contributed by atoms with Gasteiger partial charge in [0.25, 0.3) is 5.56 Å². The molecule has 2 heterocycles. The van der Waals surface area contributed by atoms with E-state index in [1.54, 1.807) is 6.20 Å². The van der Waals surface area contributed by atoms with Crippen molar-refractivity contribution >= 4 is 28.4 Å². The molecule has 19 heavy (non-hydrogen) atoms. The quantitative estimate of drug-likeness (QED) is 0.550. The first kappa shape index (κ1) is 11.7. The van der Waals surface area contributed by atoms with Gasteiger partial charge in [-0.3, -0.25) is 9.78 Å². The molecule has 0 spiro atoms. The van der Waals surface area contributed by atoms with Crippen LogP contribution in [0.5, 0.6) is 0 Å². The highest BCUT2D eigenvalue weighted by atomic mass is 32.2. The van der Waals surface area contributed by atoms with Crippen LogP contribution in [0.1, 0.15) is 0 Å². The molecule has 0 aliphatic carbocycles. The lowest BCUT2D eigenvalue weighted by Crippen LogP contribution is -2.05. The summed E-state index contributed by atoms with van der Waals surface area (Å²) in [5, 5.41) is 1.49. The number of hydrogen-bond donors (Lipinski definition) is 2. The minimum Gasteiger partial charge on any atom is -0.397 e. The topological polar surface area (TPSA) is 84.7 Å². The molecule has 5 nitrogen and oxygen atoms in total. The molecule has 0 aliphatic rings. The number of anilines is 1. The molecular formula is C13H10N4OS. The van der Waals surface area contributed by atoms with Crippen molar-refractivity contribution < 1.29 is 0 Å². The predicted octanol–water partition coefficient (Wildman–Crippen LogP) is 2.05. The second-order valence-electron chi connectivity index (χ2n) is 3.89. The van der Waals surface area contributed by atoms with Crippen molar-refractivity contribution in [1.29, 1.82) is 0 Å². The summed E-state index contributed by atoms with van der Waals surface area (Å²) >= 11 is 1.38. The van der Waals surface area contributed by atoms with E-state index in [9.17, 15) is 4.79 Å². The second kappa shape index (κ2) is 4.74. The number of nitrogens with one attached hydrogen (secondary N) is 1. The van der Waals surface area contributed by atoms with Gasteiger partial charge in [0, 0.05) is 28.7 Å². The third-order valence-electron chi connectivity index (χ3n) is 2.62. The van der Waals surface area contributed by atoms with Crippen molar-refractivity contribution in [3.05, 3.63) is 53.1 Å². The van der Waals surface area contributed by atoms with Crippen LogP contribution in [0.25, 0.3) is 10.9 Å². The number of nitrogens with two attached hydrogens (primary N) is 1. The number of nitrogens with zero attached hydrogens (tertiary/aromatic N) is 2. The number of fused-ring (bicyclic) bond motifs is 1. The molecule has 3 aromatic rings. The van der Waals surface area contributed by atoms with Crippen molar-refractivity contribution in [2.24, 2.45) is 0 Å². The normalized spacial score (nSPS) is 10.7. The van der Waals surface area contributed by atoms with Gasteiger partial charge < -0.3 is 10.7 Å². The number of hydrogen-bond acceptors (Lipinski definition) is 5. The van der Waals surface area contributed by atoms with E-state index in [1.807, 2.05) is 24.3 Å². The van der Waals surface area contributed by atoms with E-state index in [4.69, 9.17) is 5.73 Å². The SMILES string of the molecule is Nc1cccc2c(Sc3nccc(=O)[nH]3)ccnc12. The van der Waals surface area contributed by atoms with Gasteiger partial charge in [-0.1, -0.05) is 23.9 Å². The molecule has 0 saturated heterocycles. The van der Waals surface area contributed by atoms with Crippen LogP contribution in [0, 0.1) is 0 Å². The first-order valence-electron chi connectivity index (χ1n) is 5.60. The minimum atomic E-state index is -0.171. The molecule has 2 aromatic heterocycles. The van der Waals surface area contributed by atoms with E-state index in [0.29, 0.717) is 10.8 Å². The summed E-state index contributed by atoms with van der Waals surface area (Å²) < 4.78 is 0. The molecule has 6 heteroatoms. The smallest absolute Gasteiger partial charge is 0.251 e. The first-order valence-corrected chi connectivity index (χ1v) is 6.42. The van der Waals surface area contributed by atoms with Gasteiger partial charge in [0.1, 0.15) is 0 Å². The number of aromatic amines is 1. The van der Waals surface area contributed by atoms with Gasteiger partial charge >= 0.3 is 0 Å². The van der Waals surface area contributed by atoms with Crippen molar-refractivity contribution in [3.8, 4) is 0 Å². The Morgan fingerprint density at radius 3 is 2.79 bits per heavy atom. The molecular weight excluding hydrogens is 260 g/mol. The summed E-state index contributed by atoms with van der Waals surface area (Å²) in [5.41, 5.74) is 7.12. The zero-order chi connectivity index (χ0) is 13.2. The van der Waals surface area contributed by atoms with Crippen LogP contribution in [-0.4, -0.2) is 15.0 Å². The van der Waals surface area contributed by atoms with Crippen molar-refractivity contribution in [3.63, 3.8) is 0 Å². The van der Waals surface area contributed by atoms with Crippen LogP contribution < -0.4 is 11.3 Å². The number of aromatic nitrogens is 3. The Bertz CT molecular complexity index is 800. The lowest BCUT2D eigenvalue weighted by atomic mass is 10.2. The molecule has 0 amide bonds. The molecule has 3 rings (SSSR count). The number of rotatable bonds is 2. The van der Waals surface area contributed by atoms with Gasteiger partial charge in [0.2, 0.25) is 0 Å². The van der Waals surface area contributed by atoms with Crippen LogP contribution in [0.2, 0.25) is 0 Å². The van der Waals surface area contributed by atoms with Crippen LogP contribution in [-0.2, 0) is 0 Å². The van der Waals surface area contributed by atoms with Gasteiger partial charge in [-0.15, -0.1) is 0 Å². The molecule has 94 valence electrons. The van der Waals surface area contributed by atoms with Crippen molar-refractivity contribution in [2.75, 3.05) is 5.73 Å². The summed E-state index contributed by atoms with van der Waals surface area (Å²) in [5.74, 6) is 0. The largest absolute Gasteiger partial charge is 0.397 e. The number of benzene rings is 1. The summed E-state index contributed by atoms with van der Waals surface area (Å²) in [6, 6.07) is 8.89. The van der Waals surface area contributed by atoms with Crippen molar-refractivity contribution in [1.82, 2.24) is 15.0 Å². The Morgan fingerprint density at radius 2 is 1.95 bits per heavy atom. The lowest BCUT2D eigenvalue weighted by Gasteiger charge is -2.06. The number of H-pyrrole nitrogens is 1. The fraction of sp³-hybridized carbons (Fsp3) is 0. The van der Waals surface area contributed by atoms with E-state index < -0.39 is 0 Å². The Kier molecular flexibility index (Phi) is 2.92. The van der Waals surface area contributed by atoms with Crippen LogP contribution in [0.15, 0.2) is 57.6 Å². The van der Waals surface area contributed by atoms with E-state index >= 15 is 0 Å². The van der Waals surface area contributed by atoms with Gasteiger partial charge in [-0.05, 0) is 12.1 Å². The molecule has 0 atom stereocenters. The van der Waals surface area contributed by atoms with E-state index in [-0.39, 0.29) is 5.56 Å². The lowest BCUT2D eigenvalue weighted by molar-refractivity contribution is 0.937. The Morgan fingerprint density at radius 1 is 1.11 bits per heavy atom. The average molecular weight is 270 g/mol. The molecule has 1 aromatic carbocycles. The zero-order valence-corrected chi connectivity index (χ0v) is 10.6. The molecule has 0 saturated carbocycles. The third kappa shape index (κ3) is 2.30. The van der Waals surface area contributed by atoms with E-state index in [1.165, 1.54) is 24.0 Å². The molecule has 0 fully saturated rings. The molecule has 0 radical (unpaired) electrons. The predicted molar refractivity (Wildman–Crippen MR) is 75.1 cm³/mol. The standard InChI is InChI=1S/C13H10N4OS/c14-9-3-1-2-8-10(4-6-15-12(8)9)19-13-16-7-5-11(18)17-13/h1-7H,14H2,(H,16,17,18). The van der Waals surface area contributed by atoms with Gasteiger partial charge in [0.15, 0.2) is 5.16 Å². The fourth-order valence-corrected chi connectivity index (χ4v) is 2.65. The van der Waals surface area contributed by atoms with E-state index in [2.05, 4.69) is 15.0 Å². The summed E-state index contributed by atoms with van der Waals surface area (Å²) in [4.78, 5) is 23.3. The Balaban J connectivity index is 2.11. The summed E-state index contributed by atoms with van der Waals surface area (Å²) in [6.07, 6.45) is 3.18. The third-order valence-corrected chi connectivity index (χ3v) is 3.59. The van der Waals surface area contributed by atoms with Crippen LogP contribution >= 0.6 is 11.8 Å². The number of nitrogen functional groups attached to an aromatic ring is 1. The first-order chi connectivity index (χ1) is 9.24. The minimum absolute atomic E-state index is 0.171. The Labute approximate surface area is 112 Å². The molecule has 0 aliphatic heterocycles. The fourth-order valence-electron chi connectivity index (χ4n) is 1.77. The van der Waals surface area contributed by atoms with Crippen LogP contribution in [0.3, 0.4) is 0 Å². The van der Waals surface area contributed by atoms with Gasteiger partial charge in [-0.25, -0.2) is 4.98 Å². The summed E-state index contributed by atoms with van der Waals surface area (Å²) in [6.45, 7) is 0. The second-order valence-corrected chi connectivity index (χ2v) is 4.92. The van der Waals surface area contributed by atoms with Crippen molar-refractivity contribution in [2.45, 2.75) is 10.1 Å². The molecule has 0 bridgehead atoms. The van der Waals surface area contributed by atoms with Crippen LogP contribution in [0.4, 0.5) is 5.69 Å². The molecule has 0 unspecified atom stereocenters. The zero-order valence-electron chi connectivity index (χ0n) is 9.83. The van der Waals surface area contributed by atoms with Gasteiger partial charge in [0.05, 0.1) is 11.2 Å². The monoisotopic (exact) mass is 270 g/mol. The Hall–Kier alpha value is -2.34. The number of para-hydroxylation sites is 1.